The van der Waals surface area contributed by atoms with E-state index in [1.54, 1.807) is 10.4 Å². The van der Waals surface area contributed by atoms with E-state index < -0.39 is 43.5 Å². The summed E-state index contributed by atoms with van der Waals surface area (Å²) in [5, 5.41) is 6.12. The fourth-order valence-electron chi connectivity index (χ4n) is 7.58. The van der Waals surface area contributed by atoms with E-state index in [0.29, 0.717) is 5.92 Å². The maximum atomic E-state index is 8.03. The van der Waals surface area contributed by atoms with Crippen molar-refractivity contribution in [3.05, 3.63) is 95.1 Å². The Labute approximate surface area is 294 Å². The second-order valence-electron chi connectivity index (χ2n) is 17.1. The van der Waals surface area contributed by atoms with Gasteiger partial charge in [-0.25, -0.2) is 0 Å². The van der Waals surface area contributed by atoms with Gasteiger partial charge in [0, 0.05) is 0 Å². The van der Waals surface area contributed by atoms with Gasteiger partial charge >= 0.3 is 297 Å². The zero-order chi connectivity index (χ0) is 33.6. The van der Waals surface area contributed by atoms with Crippen molar-refractivity contribution < 1.29 is 17.9 Å². The van der Waals surface area contributed by atoms with Crippen LogP contribution in [0.15, 0.2) is 78.4 Å². The normalized spacial score (nSPS) is 16.9. The topological polar surface area (TPSA) is 0 Å². The molecule has 0 nitrogen and oxygen atoms in total. The molecule has 6 rings (SSSR count). The Morgan fingerprint density at radius 2 is 1.37 bits per heavy atom. The van der Waals surface area contributed by atoms with Crippen LogP contribution in [0.1, 0.15) is 54.9 Å². The van der Waals surface area contributed by atoms with Crippen LogP contribution in [-0.2, 0) is 23.3 Å². The van der Waals surface area contributed by atoms with Crippen molar-refractivity contribution in [2.75, 3.05) is 0 Å². The molecular weight excluding hydrogens is 727 g/mol. The molecule has 1 heterocycles. The minimum absolute atomic E-state index is 0.0112. The van der Waals surface area contributed by atoms with Crippen LogP contribution in [-0.4, -0.2) is 25.7 Å². The molecule has 0 aromatic heterocycles. The molecule has 4 aromatic carbocycles. The number of benzene rings is 4. The summed E-state index contributed by atoms with van der Waals surface area (Å²) in [6.07, 6.45) is 2.52. The molecule has 0 spiro atoms. The van der Waals surface area contributed by atoms with Crippen LogP contribution in [0.4, 0.5) is 0 Å². The summed E-state index contributed by atoms with van der Waals surface area (Å²) >= 11 is -4.07. The van der Waals surface area contributed by atoms with E-state index in [-0.39, 0.29) is 9.04 Å². The molecule has 0 amide bonds. The van der Waals surface area contributed by atoms with Gasteiger partial charge in [-0.15, -0.1) is 0 Å². The van der Waals surface area contributed by atoms with Crippen LogP contribution < -0.4 is 24.0 Å². The summed E-state index contributed by atoms with van der Waals surface area (Å²) in [7, 11) is 12.3. The molecule has 0 N–H and O–H groups in total. The predicted molar refractivity (Wildman–Crippen MR) is 213 cm³/mol. The molecule has 240 valence electrons. The molecule has 0 saturated heterocycles. The third-order valence-electron chi connectivity index (χ3n) is 10.2. The van der Waals surface area contributed by atoms with Gasteiger partial charge in [-0.1, -0.05) is 0 Å². The summed E-state index contributed by atoms with van der Waals surface area (Å²) in [6, 6.07) is 28.2. The molecule has 0 fully saturated rings. The summed E-state index contributed by atoms with van der Waals surface area (Å²) < 4.78 is 1.40. The van der Waals surface area contributed by atoms with Gasteiger partial charge in [0.05, 0.1) is 0 Å². The average Bonchev–Trinajstić information content (AvgIpc) is 3.54. The van der Waals surface area contributed by atoms with Crippen LogP contribution >= 0.6 is 17.0 Å². The van der Waals surface area contributed by atoms with E-state index >= 15 is 0 Å². The van der Waals surface area contributed by atoms with Gasteiger partial charge < -0.3 is 0 Å². The first-order valence-corrected chi connectivity index (χ1v) is 34.3. The monoisotopic (exact) mass is 774 g/mol. The van der Waals surface area contributed by atoms with Gasteiger partial charge in [-0.3, -0.25) is 0 Å². The zero-order valence-corrected chi connectivity index (χ0v) is 37.0. The summed E-state index contributed by atoms with van der Waals surface area (Å²) in [5.74, 6) is 0.356. The van der Waals surface area contributed by atoms with Crippen molar-refractivity contribution in [1.29, 1.82) is 0 Å². The Hall–Kier alpha value is -1.27. The van der Waals surface area contributed by atoms with Gasteiger partial charge in [0.25, 0.3) is 0 Å². The predicted octanol–water partition coefficient (Wildman–Crippen LogP) is 8.72. The third kappa shape index (κ3) is 6.07. The number of halogens is 2. The number of rotatable bonds is 6. The van der Waals surface area contributed by atoms with Crippen molar-refractivity contribution in [2.45, 2.75) is 82.9 Å². The number of allylic oxidation sites excluding steroid dienone is 1. The Morgan fingerprint density at radius 3 is 1.96 bits per heavy atom. The fraction of sp³-hybridized carbons (Fsp3) is 0.350. The molecule has 2 aliphatic rings. The quantitative estimate of drug-likeness (QED) is 0.152. The molecule has 1 aliphatic carbocycles. The summed E-state index contributed by atoms with van der Waals surface area (Å²) in [6.45, 7) is 26.7. The molecule has 0 radical (unpaired) electrons. The number of hydrogen-bond donors (Lipinski definition) is 0. The zero-order valence-electron chi connectivity index (χ0n) is 29.6. The van der Waals surface area contributed by atoms with Crippen molar-refractivity contribution in [1.82, 2.24) is 0 Å². The van der Waals surface area contributed by atoms with E-state index in [0.717, 1.165) is 0 Å². The van der Waals surface area contributed by atoms with Gasteiger partial charge in [-0.05, 0) is 0 Å². The maximum absolute atomic E-state index is 8.03. The van der Waals surface area contributed by atoms with Crippen LogP contribution in [0, 0.1) is 5.92 Å². The van der Waals surface area contributed by atoms with Crippen LogP contribution in [0.2, 0.25) is 39.3 Å². The SMILES string of the molecule is CC(C)C1=Cc2c(ccc(C(C)(C)C)c2-c2cc([Si](C)(C)C)cc([Si](C)(C)C)c2)[CH]1[Zr]([Cl])([Cl])[c]1cccc2c1[SiH2]c1ccccc1-2. The summed E-state index contributed by atoms with van der Waals surface area (Å²) in [5.41, 5.74) is 11.1. The van der Waals surface area contributed by atoms with Gasteiger partial charge in [0.2, 0.25) is 0 Å². The molecule has 46 heavy (non-hydrogen) atoms. The van der Waals surface area contributed by atoms with Crippen molar-refractivity contribution >= 4 is 72.8 Å². The molecule has 6 heteroatoms. The van der Waals surface area contributed by atoms with Gasteiger partial charge in [-0.2, -0.15) is 0 Å². The van der Waals surface area contributed by atoms with Crippen LogP contribution in [0.25, 0.3) is 28.3 Å². The van der Waals surface area contributed by atoms with Gasteiger partial charge in [0.15, 0.2) is 0 Å². The Bertz CT molecular complexity index is 1850. The fourth-order valence-corrected chi connectivity index (χ4v) is 27.1. The van der Waals surface area contributed by atoms with E-state index in [1.807, 2.05) is 0 Å². The van der Waals surface area contributed by atoms with Crippen molar-refractivity contribution in [3.63, 3.8) is 0 Å². The first kappa shape index (κ1) is 34.6. The Kier molecular flexibility index (Phi) is 8.99. The van der Waals surface area contributed by atoms with E-state index in [1.165, 1.54) is 58.2 Å². The molecule has 4 aromatic rings. The summed E-state index contributed by atoms with van der Waals surface area (Å²) in [4.78, 5) is 0. The molecular formula is C40H50Cl2Si3Zr. The number of hydrogen-bond acceptors (Lipinski definition) is 0. The van der Waals surface area contributed by atoms with Crippen molar-refractivity contribution in [2.24, 2.45) is 5.92 Å². The average molecular weight is 777 g/mol. The standard InChI is InChI=1S/C28H41Si2.C12H9Si.2ClH.Zr/c1-19(2)21-14-20-12-13-26(28(3,4)5)27(25(20)17-21)22-15-23(29(6,7)8)18-24(16-22)30(9,10)11;1-3-7-11-9(5-1)10-6-2-4-8-12(10)13-11;;;/h12-19H,1-11H3;1-7H,13H2;2*1H;/q;;;;+2/p-2. The first-order chi connectivity index (χ1) is 21.3. The third-order valence-corrected chi connectivity index (χ3v) is 28.5. The molecule has 0 bridgehead atoms. The van der Waals surface area contributed by atoms with E-state index in [2.05, 4.69) is 153 Å². The van der Waals surface area contributed by atoms with Crippen molar-refractivity contribution in [3.8, 4) is 22.3 Å². The number of fused-ring (bicyclic) bond motifs is 4. The Balaban J connectivity index is 1.61. The first-order valence-electron chi connectivity index (χ1n) is 16.9. The van der Waals surface area contributed by atoms with Crippen LogP contribution in [0.3, 0.4) is 0 Å². The molecule has 0 saturated carbocycles. The second-order valence-corrected chi connectivity index (χ2v) is 43.0. The molecule has 1 unspecified atom stereocenters. The van der Waals surface area contributed by atoms with Gasteiger partial charge in [0.1, 0.15) is 0 Å². The minimum atomic E-state index is -4.07. The van der Waals surface area contributed by atoms with Crippen LogP contribution in [0.5, 0.6) is 0 Å². The Morgan fingerprint density at radius 1 is 0.761 bits per heavy atom. The second kappa shape index (κ2) is 12.0. The molecule has 1 atom stereocenters. The molecule has 1 aliphatic heterocycles. The van der Waals surface area contributed by atoms with E-state index in [9.17, 15) is 0 Å². The van der Waals surface area contributed by atoms with E-state index in [4.69, 9.17) is 17.0 Å².